The molecule has 0 aliphatic carbocycles. The molecule has 0 spiro atoms. The highest BCUT2D eigenvalue weighted by Gasteiger charge is 2.15. The normalized spacial score (nSPS) is 19.7. The van der Waals surface area contributed by atoms with Crippen LogP contribution in [-0.2, 0) is 0 Å². The van der Waals surface area contributed by atoms with E-state index < -0.39 is 0 Å². The molecule has 1 aromatic heterocycles. The topological polar surface area (TPSA) is 29.9 Å². The Balaban J connectivity index is 1.87. The Hall–Kier alpha value is -1.61. The molecule has 0 saturated carbocycles. The summed E-state index contributed by atoms with van der Waals surface area (Å²) in [5, 5.41) is 7.83. The summed E-state index contributed by atoms with van der Waals surface area (Å²) >= 11 is 0. The molecule has 1 fully saturated rings. The Morgan fingerprint density at radius 2 is 2.06 bits per heavy atom. The van der Waals surface area contributed by atoms with Gasteiger partial charge in [0.2, 0.25) is 0 Å². The van der Waals surface area contributed by atoms with Gasteiger partial charge in [-0.15, -0.1) is 0 Å². The molecule has 3 rings (SSSR count). The van der Waals surface area contributed by atoms with E-state index in [1.54, 1.807) is 0 Å². The van der Waals surface area contributed by atoms with Crippen LogP contribution in [0.4, 0.5) is 0 Å². The molecule has 1 saturated heterocycles. The molecule has 3 nitrogen and oxygen atoms in total. The maximum atomic E-state index is 4.31. The van der Waals surface area contributed by atoms with E-state index >= 15 is 0 Å². The van der Waals surface area contributed by atoms with Crippen LogP contribution in [0.2, 0.25) is 0 Å². The van der Waals surface area contributed by atoms with Crippen LogP contribution in [0.25, 0.3) is 5.69 Å². The first-order valence-corrected chi connectivity index (χ1v) is 6.19. The van der Waals surface area contributed by atoms with E-state index in [9.17, 15) is 0 Å². The van der Waals surface area contributed by atoms with E-state index in [1.165, 1.54) is 18.4 Å². The lowest BCUT2D eigenvalue weighted by Crippen LogP contribution is -2.12. The van der Waals surface area contributed by atoms with Gasteiger partial charge >= 0.3 is 0 Å². The third-order valence-corrected chi connectivity index (χ3v) is 3.43. The van der Waals surface area contributed by atoms with Crippen molar-refractivity contribution in [1.82, 2.24) is 15.1 Å². The minimum atomic E-state index is 0.544. The van der Waals surface area contributed by atoms with Crippen molar-refractivity contribution in [1.29, 1.82) is 0 Å². The summed E-state index contributed by atoms with van der Waals surface area (Å²) in [5.41, 5.74) is 3.68. The van der Waals surface area contributed by atoms with E-state index in [2.05, 4.69) is 41.6 Å². The standard InChI is InChI=1S/C14H17N3/c1-11-8-10-16-17(11)13-6-4-12(5-7-13)14-3-2-9-15-14/h4-8,10,14-15H,2-3,9H2,1H3. The fourth-order valence-corrected chi connectivity index (χ4v) is 2.46. The lowest BCUT2D eigenvalue weighted by atomic mass is 10.1. The van der Waals surface area contributed by atoms with Gasteiger partial charge in [0.1, 0.15) is 0 Å². The molecule has 0 bridgehead atoms. The van der Waals surface area contributed by atoms with Gasteiger partial charge in [-0.1, -0.05) is 12.1 Å². The van der Waals surface area contributed by atoms with E-state index in [0.29, 0.717) is 6.04 Å². The Morgan fingerprint density at radius 1 is 1.24 bits per heavy atom. The molecule has 2 heterocycles. The fourth-order valence-electron chi connectivity index (χ4n) is 2.46. The number of hydrogen-bond acceptors (Lipinski definition) is 2. The molecule has 2 aromatic rings. The summed E-state index contributed by atoms with van der Waals surface area (Å²) in [4.78, 5) is 0. The average molecular weight is 227 g/mol. The summed E-state index contributed by atoms with van der Waals surface area (Å²) in [6.45, 7) is 3.21. The Kier molecular flexibility index (Phi) is 2.69. The molecular formula is C14H17N3. The maximum absolute atomic E-state index is 4.31. The lowest BCUT2D eigenvalue weighted by molar-refractivity contribution is 0.647. The summed E-state index contributed by atoms with van der Waals surface area (Å²) in [6, 6.07) is 11.3. The smallest absolute Gasteiger partial charge is 0.0648 e. The second-order valence-corrected chi connectivity index (χ2v) is 4.62. The van der Waals surface area contributed by atoms with Crippen LogP contribution in [0.1, 0.15) is 30.1 Å². The van der Waals surface area contributed by atoms with E-state index in [-0.39, 0.29) is 0 Å². The van der Waals surface area contributed by atoms with Crippen molar-refractivity contribution >= 4 is 0 Å². The third-order valence-electron chi connectivity index (χ3n) is 3.43. The van der Waals surface area contributed by atoms with Crippen molar-refractivity contribution < 1.29 is 0 Å². The van der Waals surface area contributed by atoms with Crippen molar-refractivity contribution in [3.63, 3.8) is 0 Å². The Morgan fingerprint density at radius 3 is 2.65 bits per heavy atom. The van der Waals surface area contributed by atoms with E-state index in [0.717, 1.165) is 17.9 Å². The number of aryl methyl sites for hydroxylation is 1. The number of aromatic nitrogens is 2. The van der Waals surface area contributed by atoms with Crippen LogP contribution in [0.3, 0.4) is 0 Å². The van der Waals surface area contributed by atoms with Crippen LogP contribution in [-0.4, -0.2) is 16.3 Å². The Bertz CT molecular complexity index is 492. The van der Waals surface area contributed by atoms with Gasteiger partial charge in [-0.25, -0.2) is 4.68 Å². The van der Waals surface area contributed by atoms with Gasteiger partial charge in [-0.3, -0.25) is 0 Å². The van der Waals surface area contributed by atoms with Gasteiger partial charge in [-0.2, -0.15) is 5.10 Å². The van der Waals surface area contributed by atoms with Crippen molar-refractivity contribution in [3.05, 3.63) is 47.8 Å². The highest BCUT2D eigenvalue weighted by Crippen LogP contribution is 2.23. The number of nitrogens with one attached hydrogen (secondary N) is 1. The first-order chi connectivity index (χ1) is 8.34. The number of benzene rings is 1. The third kappa shape index (κ3) is 1.98. The van der Waals surface area contributed by atoms with Crippen molar-refractivity contribution in [3.8, 4) is 5.69 Å². The summed E-state index contributed by atoms with van der Waals surface area (Å²) in [7, 11) is 0. The molecule has 1 unspecified atom stereocenters. The highest BCUT2D eigenvalue weighted by molar-refractivity contribution is 5.36. The van der Waals surface area contributed by atoms with Crippen LogP contribution in [0.15, 0.2) is 36.5 Å². The maximum Gasteiger partial charge on any atom is 0.0648 e. The minimum absolute atomic E-state index is 0.544. The second kappa shape index (κ2) is 4.34. The largest absolute Gasteiger partial charge is 0.310 e. The number of rotatable bonds is 2. The van der Waals surface area contributed by atoms with Crippen LogP contribution >= 0.6 is 0 Å². The zero-order valence-electron chi connectivity index (χ0n) is 10.1. The van der Waals surface area contributed by atoms with Gasteiger partial charge in [-0.05, 0) is 50.1 Å². The predicted octanol–water partition coefficient (Wildman–Crippen LogP) is 2.61. The lowest BCUT2D eigenvalue weighted by Gasteiger charge is -2.11. The van der Waals surface area contributed by atoms with E-state index in [1.807, 2.05) is 16.9 Å². The van der Waals surface area contributed by atoms with Gasteiger partial charge in [0.05, 0.1) is 5.69 Å². The molecular weight excluding hydrogens is 210 g/mol. The van der Waals surface area contributed by atoms with Crippen molar-refractivity contribution in [2.24, 2.45) is 0 Å². The molecule has 88 valence electrons. The average Bonchev–Trinajstić information content (AvgIpc) is 3.00. The van der Waals surface area contributed by atoms with E-state index in [4.69, 9.17) is 0 Å². The highest BCUT2D eigenvalue weighted by atomic mass is 15.3. The van der Waals surface area contributed by atoms with Gasteiger partial charge in [0.25, 0.3) is 0 Å². The number of hydrogen-bond donors (Lipinski definition) is 1. The quantitative estimate of drug-likeness (QED) is 0.854. The van der Waals surface area contributed by atoms with Crippen molar-refractivity contribution in [2.45, 2.75) is 25.8 Å². The Labute approximate surface area is 101 Å². The van der Waals surface area contributed by atoms with Crippen LogP contribution in [0.5, 0.6) is 0 Å². The molecule has 1 aliphatic rings. The molecule has 1 atom stereocenters. The summed E-state index contributed by atoms with van der Waals surface area (Å²) in [6.07, 6.45) is 4.37. The number of nitrogens with zero attached hydrogens (tertiary/aromatic N) is 2. The van der Waals surface area contributed by atoms with Crippen LogP contribution in [0, 0.1) is 6.92 Å². The van der Waals surface area contributed by atoms with Gasteiger partial charge < -0.3 is 5.32 Å². The fraction of sp³-hybridized carbons (Fsp3) is 0.357. The first-order valence-electron chi connectivity index (χ1n) is 6.19. The monoisotopic (exact) mass is 227 g/mol. The molecule has 3 heteroatoms. The van der Waals surface area contributed by atoms with Crippen molar-refractivity contribution in [2.75, 3.05) is 6.54 Å². The molecule has 0 amide bonds. The molecule has 0 radical (unpaired) electrons. The molecule has 17 heavy (non-hydrogen) atoms. The zero-order chi connectivity index (χ0) is 11.7. The van der Waals surface area contributed by atoms with Gasteiger partial charge in [0, 0.05) is 17.9 Å². The summed E-state index contributed by atoms with van der Waals surface area (Å²) in [5.74, 6) is 0. The minimum Gasteiger partial charge on any atom is -0.310 e. The molecule has 1 aliphatic heterocycles. The predicted molar refractivity (Wildman–Crippen MR) is 68.3 cm³/mol. The SMILES string of the molecule is Cc1ccnn1-c1ccc(C2CCCN2)cc1. The molecule has 1 N–H and O–H groups in total. The zero-order valence-corrected chi connectivity index (χ0v) is 10.1. The molecule has 1 aromatic carbocycles. The summed E-state index contributed by atoms with van der Waals surface area (Å²) < 4.78 is 1.96. The first kappa shape index (κ1) is 10.5. The van der Waals surface area contributed by atoms with Gasteiger partial charge in [0.15, 0.2) is 0 Å². The second-order valence-electron chi connectivity index (χ2n) is 4.62. The van der Waals surface area contributed by atoms with Crippen LogP contribution < -0.4 is 5.32 Å².